The molecule has 4 rings (SSSR count). The van der Waals surface area contributed by atoms with Gasteiger partial charge in [-0.1, -0.05) is 0 Å². The van der Waals surface area contributed by atoms with Gasteiger partial charge in [0.15, 0.2) is 0 Å². The highest BCUT2D eigenvalue weighted by atomic mass is 16.5. The van der Waals surface area contributed by atoms with Gasteiger partial charge in [0.05, 0.1) is 36.2 Å². The van der Waals surface area contributed by atoms with Crippen LogP contribution in [0.15, 0.2) is 48.8 Å². The molecule has 2 aromatic heterocycles. The predicted molar refractivity (Wildman–Crippen MR) is 124 cm³/mol. The number of H-pyrrole nitrogens is 1. The zero-order valence-corrected chi connectivity index (χ0v) is 18.2. The summed E-state index contributed by atoms with van der Waals surface area (Å²) in [4.78, 5) is 23.7. The number of carbonyl (C=O) groups is 1. The Morgan fingerprint density at radius 3 is 2.69 bits per heavy atom. The van der Waals surface area contributed by atoms with E-state index in [1.54, 1.807) is 32.6 Å². The molecule has 0 fully saturated rings. The van der Waals surface area contributed by atoms with Gasteiger partial charge < -0.3 is 20.7 Å². The number of nitrogens with zero attached hydrogens (tertiary/aromatic N) is 4. The Bertz CT molecular complexity index is 1270. The fourth-order valence-electron chi connectivity index (χ4n) is 3.58. The summed E-state index contributed by atoms with van der Waals surface area (Å²) in [7, 11) is 3.17. The lowest BCUT2D eigenvalue weighted by molar-refractivity contribution is 0.0962. The van der Waals surface area contributed by atoms with Crippen molar-refractivity contribution in [2.45, 2.75) is 6.92 Å². The van der Waals surface area contributed by atoms with Crippen molar-refractivity contribution < 1.29 is 9.53 Å². The van der Waals surface area contributed by atoms with Gasteiger partial charge in [0.1, 0.15) is 5.75 Å². The molecule has 0 aliphatic rings. The summed E-state index contributed by atoms with van der Waals surface area (Å²) < 4.78 is 5.42. The number of methoxy groups -OCH3 is 1. The van der Waals surface area contributed by atoms with Gasteiger partial charge in [0.2, 0.25) is 0 Å². The summed E-state index contributed by atoms with van der Waals surface area (Å²) in [6.07, 6.45) is 3.49. The van der Waals surface area contributed by atoms with E-state index in [2.05, 4.69) is 20.5 Å². The summed E-state index contributed by atoms with van der Waals surface area (Å²) in [5, 5.41) is 9.66. The number of hydrogen-bond donors (Lipinski definition) is 3. The smallest absolute Gasteiger partial charge is 0.251 e. The molecule has 32 heavy (non-hydrogen) atoms. The van der Waals surface area contributed by atoms with Gasteiger partial charge in [-0.05, 0) is 37.3 Å². The third kappa shape index (κ3) is 4.10. The van der Waals surface area contributed by atoms with E-state index in [-0.39, 0.29) is 5.91 Å². The number of nitrogens with one attached hydrogen (secondary N) is 2. The number of aryl methyl sites for hydroxylation is 1. The summed E-state index contributed by atoms with van der Waals surface area (Å²) in [6, 6.07) is 11.3. The molecule has 0 saturated heterocycles. The number of ether oxygens (including phenoxy) is 1. The highest BCUT2D eigenvalue weighted by molar-refractivity contribution is 5.96. The fraction of sp³-hybridized carbons (Fsp3) is 0.217. The number of fused-ring (bicyclic) bond motifs is 1. The molecule has 0 radical (unpaired) electrons. The Balaban J connectivity index is 1.80. The van der Waals surface area contributed by atoms with Gasteiger partial charge in [-0.15, -0.1) is 0 Å². The number of carbonyl (C=O) groups excluding carboxylic acids is 1. The standard InChI is InChI=1S/C23H25N7O2/c1-14-19(12-27-29-14)22-13-26-20-5-4-16(11-21(20)28-22)30(7-6-24)17-8-15(23(31)25-2)9-18(10-17)32-3/h4-5,8-13H,6-7,24H2,1-3H3,(H,25,31)(H,27,29). The van der Waals surface area contributed by atoms with Crippen LogP contribution in [0.1, 0.15) is 16.1 Å². The fourth-order valence-corrected chi connectivity index (χ4v) is 3.58. The van der Waals surface area contributed by atoms with Crippen LogP contribution in [0.3, 0.4) is 0 Å². The van der Waals surface area contributed by atoms with Crippen LogP contribution < -0.4 is 20.7 Å². The monoisotopic (exact) mass is 431 g/mol. The molecule has 0 atom stereocenters. The van der Waals surface area contributed by atoms with E-state index in [1.165, 1.54) is 0 Å². The number of amides is 1. The molecule has 2 heterocycles. The van der Waals surface area contributed by atoms with E-state index in [0.29, 0.717) is 24.4 Å². The van der Waals surface area contributed by atoms with Gasteiger partial charge in [0.25, 0.3) is 5.91 Å². The maximum Gasteiger partial charge on any atom is 0.251 e. The Morgan fingerprint density at radius 1 is 1.16 bits per heavy atom. The number of anilines is 2. The van der Waals surface area contributed by atoms with Crippen LogP contribution in [-0.2, 0) is 0 Å². The zero-order chi connectivity index (χ0) is 22.7. The third-order valence-electron chi connectivity index (χ3n) is 5.22. The number of aromatic amines is 1. The number of benzene rings is 2. The van der Waals surface area contributed by atoms with Crippen LogP contribution in [0.5, 0.6) is 5.75 Å². The Morgan fingerprint density at radius 2 is 2.00 bits per heavy atom. The first-order valence-electron chi connectivity index (χ1n) is 10.2. The SMILES string of the molecule is CNC(=O)c1cc(OC)cc(N(CCN)c2ccc3ncc(-c4cn[nH]c4C)nc3c2)c1. The van der Waals surface area contributed by atoms with Crippen molar-refractivity contribution >= 4 is 28.3 Å². The molecule has 0 spiro atoms. The minimum atomic E-state index is -0.192. The molecular weight excluding hydrogens is 406 g/mol. The largest absolute Gasteiger partial charge is 0.497 e. The van der Waals surface area contributed by atoms with E-state index >= 15 is 0 Å². The Labute approximate surface area is 185 Å². The highest BCUT2D eigenvalue weighted by Crippen LogP contribution is 2.32. The lowest BCUT2D eigenvalue weighted by Crippen LogP contribution is -2.25. The molecule has 0 unspecified atom stereocenters. The van der Waals surface area contributed by atoms with E-state index < -0.39 is 0 Å². The lowest BCUT2D eigenvalue weighted by Gasteiger charge is -2.25. The van der Waals surface area contributed by atoms with E-state index in [9.17, 15) is 4.79 Å². The maximum atomic E-state index is 12.3. The normalized spacial score (nSPS) is 10.9. The van der Waals surface area contributed by atoms with E-state index in [0.717, 1.165) is 39.4 Å². The second-order valence-corrected chi connectivity index (χ2v) is 7.28. The quantitative estimate of drug-likeness (QED) is 0.411. The number of rotatable bonds is 7. The van der Waals surface area contributed by atoms with Crippen LogP contribution in [0.25, 0.3) is 22.3 Å². The van der Waals surface area contributed by atoms with Crippen molar-refractivity contribution in [2.24, 2.45) is 5.73 Å². The van der Waals surface area contributed by atoms with Crippen molar-refractivity contribution in [3.05, 3.63) is 60.0 Å². The molecule has 0 saturated carbocycles. The molecular formula is C23H25N7O2. The minimum absolute atomic E-state index is 0.192. The van der Waals surface area contributed by atoms with Crippen LogP contribution in [0, 0.1) is 6.92 Å². The van der Waals surface area contributed by atoms with Crippen molar-refractivity contribution in [1.29, 1.82) is 0 Å². The molecule has 9 nitrogen and oxygen atoms in total. The third-order valence-corrected chi connectivity index (χ3v) is 5.22. The van der Waals surface area contributed by atoms with Gasteiger partial charge >= 0.3 is 0 Å². The first-order valence-corrected chi connectivity index (χ1v) is 10.2. The van der Waals surface area contributed by atoms with Crippen molar-refractivity contribution in [3.63, 3.8) is 0 Å². The average molecular weight is 432 g/mol. The summed E-state index contributed by atoms with van der Waals surface area (Å²) in [5.74, 6) is 0.392. The zero-order valence-electron chi connectivity index (χ0n) is 18.2. The molecule has 4 N–H and O–H groups in total. The molecule has 0 aliphatic heterocycles. The summed E-state index contributed by atoms with van der Waals surface area (Å²) >= 11 is 0. The number of nitrogens with two attached hydrogens (primary N) is 1. The number of hydrogen-bond acceptors (Lipinski definition) is 7. The van der Waals surface area contributed by atoms with E-state index in [4.69, 9.17) is 15.5 Å². The summed E-state index contributed by atoms with van der Waals surface area (Å²) in [6.45, 7) is 2.91. The highest BCUT2D eigenvalue weighted by Gasteiger charge is 2.16. The van der Waals surface area contributed by atoms with Crippen molar-refractivity contribution in [1.82, 2.24) is 25.5 Å². The number of aromatic nitrogens is 4. The van der Waals surface area contributed by atoms with Gasteiger partial charge in [0, 0.05) is 54.4 Å². The van der Waals surface area contributed by atoms with Gasteiger partial charge in [-0.25, -0.2) is 4.98 Å². The van der Waals surface area contributed by atoms with Gasteiger partial charge in [-0.2, -0.15) is 5.10 Å². The van der Waals surface area contributed by atoms with Crippen LogP contribution >= 0.6 is 0 Å². The topological polar surface area (TPSA) is 122 Å². The molecule has 0 bridgehead atoms. The molecule has 1 amide bonds. The van der Waals surface area contributed by atoms with Crippen LogP contribution in [-0.4, -0.2) is 53.3 Å². The molecule has 164 valence electrons. The molecule has 4 aromatic rings. The second kappa shape index (κ2) is 9.03. The van der Waals surface area contributed by atoms with Crippen LogP contribution in [0.4, 0.5) is 11.4 Å². The molecule has 0 aliphatic carbocycles. The predicted octanol–water partition coefficient (Wildman–Crippen LogP) is 2.79. The Hall–Kier alpha value is -3.98. The van der Waals surface area contributed by atoms with Crippen molar-refractivity contribution in [3.8, 4) is 17.0 Å². The van der Waals surface area contributed by atoms with Crippen LogP contribution in [0.2, 0.25) is 0 Å². The first-order chi connectivity index (χ1) is 15.5. The maximum absolute atomic E-state index is 12.3. The second-order valence-electron chi connectivity index (χ2n) is 7.28. The summed E-state index contributed by atoms with van der Waals surface area (Å²) in [5.41, 5.74) is 12.2. The lowest BCUT2D eigenvalue weighted by atomic mass is 10.1. The van der Waals surface area contributed by atoms with Crippen molar-refractivity contribution in [2.75, 3.05) is 32.1 Å². The Kier molecular flexibility index (Phi) is 6.00. The minimum Gasteiger partial charge on any atom is -0.497 e. The molecule has 2 aromatic carbocycles. The average Bonchev–Trinajstić information content (AvgIpc) is 3.26. The van der Waals surface area contributed by atoms with Gasteiger partial charge in [-0.3, -0.25) is 14.9 Å². The molecule has 9 heteroatoms. The van der Waals surface area contributed by atoms with E-state index in [1.807, 2.05) is 42.2 Å². The first kappa shape index (κ1) is 21.3.